The van der Waals surface area contributed by atoms with Gasteiger partial charge in [0.05, 0.1) is 6.54 Å². The number of aryl methyl sites for hydroxylation is 1. The van der Waals surface area contributed by atoms with E-state index in [1.165, 1.54) is 27.8 Å². The van der Waals surface area contributed by atoms with Crippen LogP contribution in [0.5, 0.6) is 0 Å². The van der Waals surface area contributed by atoms with Crippen LogP contribution in [0, 0.1) is 6.92 Å². The quantitative estimate of drug-likeness (QED) is 0.788. The summed E-state index contributed by atoms with van der Waals surface area (Å²) in [6.45, 7) is 2.81. The van der Waals surface area contributed by atoms with Gasteiger partial charge in [-0.15, -0.1) is 11.3 Å². The molecule has 19 heavy (non-hydrogen) atoms. The number of aromatic nitrogens is 1. The van der Waals surface area contributed by atoms with Crippen LogP contribution in [0.1, 0.15) is 20.1 Å². The first-order valence-corrected chi connectivity index (χ1v) is 6.83. The van der Waals surface area contributed by atoms with Crippen LogP contribution in [0.4, 0.5) is 0 Å². The van der Waals surface area contributed by atoms with Crippen LogP contribution in [0.15, 0.2) is 42.6 Å². The average molecular weight is 271 g/mol. The first kappa shape index (κ1) is 12.0. The van der Waals surface area contributed by atoms with Crippen molar-refractivity contribution in [1.82, 2.24) is 4.57 Å². The van der Waals surface area contributed by atoms with Gasteiger partial charge in [-0.3, -0.25) is 0 Å². The van der Waals surface area contributed by atoms with E-state index in [4.69, 9.17) is 5.11 Å². The summed E-state index contributed by atoms with van der Waals surface area (Å²) >= 11 is 1.33. The zero-order chi connectivity index (χ0) is 13.4. The summed E-state index contributed by atoms with van der Waals surface area (Å²) in [5, 5.41) is 10.2. The fourth-order valence-electron chi connectivity index (χ4n) is 2.31. The molecule has 0 saturated heterocycles. The predicted octanol–water partition coefficient (Wildman–Crippen LogP) is 3.76. The topological polar surface area (TPSA) is 42.2 Å². The molecule has 4 heteroatoms. The lowest BCUT2D eigenvalue weighted by molar-refractivity contribution is 0.0702. The van der Waals surface area contributed by atoms with Crippen molar-refractivity contribution < 1.29 is 9.90 Å². The minimum Gasteiger partial charge on any atom is -0.477 e. The normalized spacial score (nSPS) is 11.0. The van der Waals surface area contributed by atoms with Crippen molar-refractivity contribution in [1.29, 1.82) is 0 Å². The molecule has 3 aromatic rings. The molecular formula is C15H13NO2S. The van der Waals surface area contributed by atoms with E-state index >= 15 is 0 Å². The number of benzene rings is 1. The zero-order valence-electron chi connectivity index (χ0n) is 10.5. The van der Waals surface area contributed by atoms with E-state index in [0.717, 1.165) is 4.88 Å². The maximum Gasteiger partial charge on any atom is 0.345 e. The number of rotatable bonds is 3. The lowest BCUT2D eigenvalue weighted by atomic mass is 10.2. The molecule has 0 aliphatic heterocycles. The van der Waals surface area contributed by atoms with E-state index in [1.54, 1.807) is 6.07 Å². The molecule has 2 aromatic heterocycles. The SMILES string of the molecule is Cc1cn(Cc2ccc(C(=O)O)s2)c2ccccc12. The van der Waals surface area contributed by atoms with Gasteiger partial charge in [-0.05, 0) is 30.7 Å². The van der Waals surface area contributed by atoms with Crippen molar-refractivity contribution in [3.05, 3.63) is 57.9 Å². The van der Waals surface area contributed by atoms with Gasteiger partial charge in [-0.2, -0.15) is 0 Å². The van der Waals surface area contributed by atoms with Gasteiger partial charge in [-0.1, -0.05) is 18.2 Å². The van der Waals surface area contributed by atoms with E-state index in [2.05, 4.69) is 29.8 Å². The Labute approximate surface area is 114 Å². The Kier molecular flexibility index (Phi) is 2.87. The Morgan fingerprint density at radius 3 is 2.79 bits per heavy atom. The monoisotopic (exact) mass is 271 g/mol. The second-order valence-electron chi connectivity index (χ2n) is 4.53. The lowest BCUT2D eigenvalue weighted by Crippen LogP contribution is -1.95. The predicted molar refractivity (Wildman–Crippen MR) is 77.1 cm³/mol. The fraction of sp³-hybridized carbons (Fsp3) is 0.133. The molecule has 0 aliphatic carbocycles. The molecule has 2 heterocycles. The summed E-state index contributed by atoms with van der Waals surface area (Å²) in [5.41, 5.74) is 2.43. The van der Waals surface area contributed by atoms with Crippen molar-refractivity contribution in [3.8, 4) is 0 Å². The van der Waals surface area contributed by atoms with Gasteiger partial charge in [0.15, 0.2) is 0 Å². The van der Waals surface area contributed by atoms with E-state index in [-0.39, 0.29) is 0 Å². The second kappa shape index (κ2) is 4.55. The standard InChI is InChI=1S/C15H13NO2S/c1-10-8-16(13-5-3-2-4-12(10)13)9-11-6-7-14(19-11)15(17)18/h2-8H,9H2,1H3,(H,17,18). The number of hydrogen-bond donors (Lipinski definition) is 1. The van der Waals surface area contributed by atoms with Crippen LogP contribution >= 0.6 is 11.3 Å². The van der Waals surface area contributed by atoms with Gasteiger partial charge in [0, 0.05) is 22.0 Å². The molecule has 0 saturated carbocycles. The van der Waals surface area contributed by atoms with Crippen molar-refractivity contribution in [2.75, 3.05) is 0 Å². The smallest absolute Gasteiger partial charge is 0.345 e. The van der Waals surface area contributed by atoms with Gasteiger partial charge < -0.3 is 9.67 Å². The number of aromatic carboxylic acids is 1. The maximum atomic E-state index is 10.9. The largest absolute Gasteiger partial charge is 0.477 e. The molecule has 1 aromatic carbocycles. The van der Waals surface area contributed by atoms with Crippen LogP contribution in [0.3, 0.4) is 0 Å². The number of carbonyl (C=O) groups is 1. The number of carboxylic acid groups (broad SMARTS) is 1. The summed E-state index contributed by atoms with van der Waals surface area (Å²) in [5.74, 6) is -0.857. The molecule has 0 aliphatic rings. The highest BCUT2D eigenvalue weighted by molar-refractivity contribution is 7.13. The molecule has 96 valence electrons. The third-order valence-electron chi connectivity index (χ3n) is 3.19. The molecule has 0 atom stereocenters. The summed E-state index contributed by atoms with van der Waals surface area (Å²) in [7, 11) is 0. The Hall–Kier alpha value is -2.07. The van der Waals surface area contributed by atoms with Crippen LogP contribution < -0.4 is 0 Å². The second-order valence-corrected chi connectivity index (χ2v) is 5.70. The Bertz CT molecular complexity index is 754. The lowest BCUT2D eigenvalue weighted by Gasteiger charge is -2.02. The highest BCUT2D eigenvalue weighted by Gasteiger charge is 2.09. The third kappa shape index (κ3) is 2.15. The van der Waals surface area contributed by atoms with Crippen molar-refractivity contribution in [2.45, 2.75) is 13.5 Å². The maximum absolute atomic E-state index is 10.9. The van der Waals surface area contributed by atoms with E-state index in [9.17, 15) is 4.79 Å². The molecule has 1 N–H and O–H groups in total. The van der Waals surface area contributed by atoms with Crippen LogP contribution in [-0.4, -0.2) is 15.6 Å². The number of thiophene rings is 1. The molecule has 0 spiro atoms. The van der Waals surface area contributed by atoms with Crippen molar-refractivity contribution >= 4 is 28.2 Å². The first-order valence-electron chi connectivity index (χ1n) is 6.01. The summed E-state index contributed by atoms with van der Waals surface area (Å²) in [4.78, 5) is 12.3. The fourth-order valence-corrected chi connectivity index (χ4v) is 3.15. The highest BCUT2D eigenvalue weighted by Crippen LogP contribution is 2.24. The summed E-state index contributed by atoms with van der Waals surface area (Å²) in [6, 6.07) is 11.8. The van der Waals surface area contributed by atoms with Crippen LogP contribution in [-0.2, 0) is 6.54 Å². The zero-order valence-corrected chi connectivity index (χ0v) is 11.3. The summed E-state index contributed by atoms with van der Waals surface area (Å²) in [6.07, 6.45) is 2.12. The molecule has 0 amide bonds. The number of hydrogen-bond acceptors (Lipinski definition) is 2. The molecule has 3 rings (SSSR count). The van der Waals surface area contributed by atoms with E-state index in [0.29, 0.717) is 11.4 Å². The Balaban J connectivity index is 1.98. The first-order chi connectivity index (χ1) is 9.15. The third-order valence-corrected chi connectivity index (χ3v) is 4.24. The van der Waals surface area contributed by atoms with Gasteiger partial charge in [-0.25, -0.2) is 4.79 Å². The number of nitrogens with zero attached hydrogens (tertiary/aromatic N) is 1. The van der Waals surface area contributed by atoms with E-state index < -0.39 is 5.97 Å². The Morgan fingerprint density at radius 2 is 2.05 bits per heavy atom. The highest BCUT2D eigenvalue weighted by atomic mass is 32.1. The van der Waals surface area contributed by atoms with Gasteiger partial charge in [0.25, 0.3) is 0 Å². The average Bonchev–Trinajstić information content (AvgIpc) is 2.97. The van der Waals surface area contributed by atoms with Gasteiger partial charge in [0.2, 0.25) is 0 Å². The van der Waals surface area contributed by atoms with Crippen molar-refractivity contribution in [2.24, 2.45) is 0 Å². The number of carboxylic acids is 1. The minimum absolute atomic E-state index is 0.392. The number of fused-ring (bicyclic) bond motifs is 1. The molecule has 0 radical (unpaired) electrons. The molecule has 0 unspecified atom stereocenters. The minimum atomic E-state index is -0.857. The Morgan fingerprint density at radius 1 is 1.26 bits per heavy atom. The van der Waals surface area contributed by atoms with Crippen LogP contribution in [0.2, 0.25) is 0 Å². The van der Waals surface area contributed by atoms with Gasteiger partial charge in [0.1, 0.15) is 4.88 Å². The van der Waals surface area contributed by atoms with E-state index in [1.807, 2.05) is 18.2 Å². The van der Waals surface area contributed by atoms with Gasteiger partial charge >= 0.3 is 5.97 Å². The van der Waals surface area contributed by atoms with Crippen LogP contribution in [0.25, 0.3) is 10.9 Å². The molecular weight excluding hydrogens is 258 g/mol. The molecule has 0 bridgehead atoms. The summed E-state index contributed by atoms with van der Waals surface area (Å²) < 4.78 is 2.17. The van der Waals surface area contributed by atoms with Crippen molar-refractivity contribution in [3.63, 3.8) is 0 Å². The molecule has 0 fully saturated rings. The number of para-hydroxylation sites is 1. The molecule has 3 nitrogen and oxygen atoms in total.